The Hall–Kier alpha value is -1.95. The number of carbonyl (C=O) groups excluding carboxylic acids is 2. The lowest BCUT2D eigenvalue weighted by molar-refractivity contribution is 0.0561. The summed E-state index contributed by atoms with van der Waals surface area (Å²) in [5, 5.41) is 0.354. The zero-order chi connectivity index (χ0) is 13.3. The van der Waals surface area contributed by atoms with E-state index in [-0.39, 0.29) is 10.4 Å². The third-order valence-corrected chi connectivity index (χ3v) is 3.56. The van der Waals surface area contributed by atoms with Gasteiger partial charge in [0.2, 0.25) is 0 Å². The van der Waals surface area contributed by atoms with Crippen LogP contribution in [0.3, 0.4) is 0 Å². The molecule has 1 heterocycles. The molecule has 2 rings (SSSR count). The molecule has 0 aliphatic heterocycles. The van der Waals surface area contributed by atoms with Gasteiger partial charge in [0.15, 0.2) is 0 Å². The Labute approximate surface area is 106 Å². The number of esters is 2. The fourth-order valence-electron chi connectivity index (χ4n) is 1.61. The van der Waals surface area contributed by atoms with Crippen molar-refractivity contribution in [2.24, 2.45) is 0 Å². The summed E-state index contributed by atoms with van der Waals surface area (Å²) in [6.07, 6.45) is 0. The van der Waals surface area contributed by atoms with E-state index >= 15 is 0 Å². The molecule has 0 saturated carbocycles. The highest BCUT2D eigenvalue weighted by Crippen LogP contribution is 2.32. The average Bonchev–Trinajstić information content (AvgIpc) is 2.75. The average molecular weight is 268 g/mol. The quantitative estimate of drug-likeness (QED) is 0.786. The van der Waals surface area contributed by atoms with Crippen LogP contribution in [0, 0.1) is 5.82 Å². The van der Waals surface area contributed by atoms with Crippen molar-refractivity contribution in [2.45, 2.75) is 0 Å². The van der Waals surface area contributed by atoms with Gasteiger partial charge >= 0.3 is 11.9 Å². The number of fused-ring (bicyclic) bond motifs is 1. The zero-order valence-electron chi connectivity index (χ0n) is 9.65. The van der Waals surface area contributed by atoms with Gasteiger partial charge in [0.1, 0.15) is 10.7 Å². The van der Waals surface area contributed by atoms with Crippen molar-refractivity contribution in [3.8, 4) is 0 Å². The molecule has 0 atom stereocenters. The third-order valence-electron chi connectivity index (χ3n) is 2.41. The number of hydrogen-bond acceptors (Lipinski definition) is 5. The van der Waals surface area contributed by atoms with Crippen molar-refractivity contribution in [1.29, 1.82) is 0 Å². The summed E-state index contributed by atoms with van der Waals surface area (Å²) in [4.78, 5) is 23.4. The van der Waals surface area contributed by atoms with Gasteiger partial charge in [-0.2, -0.15) is 0 Å². The second-order valence-electron chi connectivity index (χ2n) is 3.43. The number of hydrogen-bond donors (Lipinski definition) is 0. The number of halogens is 1. The summed E-state index contributed by atoms with van der Waals surface area (Å²) < 4.78 is 23.1. The van der Waals surface area contributed by atoms with Gasteiger partial charge in [-0.1, -0.05) is 0 Å². The maximum Gasteiger partial charge on any atom is 0.348 e. The number of ether oxygens (including phenoxy) is 2. The minimum Gasteiger partial charge on any atom is -0.465 e. The highest BCUT2D eigenvalue weighted by molar-refractivity contribution is 7.21. The van der Waals surface area contributed by atoms with Crippen molar-refractivity contribution < 1.29 is 23.5 Å². The van der Waals surface area contributed by atoms with Crippen LogP contribution in [0.2, 0.25) is 0 Å². The lowest BCUT2D eigenvalue weighted by Crippen LogP contribution is -2.08. The minimum absolute atomic E-state index is 0.0452. The van der Waals surface area contributed by atoms with E-state index in [0.29, 0.717) is 10.1 Å². The van der Waals surface area contributed by atoms with E-state index in [1.807, 2.05) is 0 Å². The molecule has 0 amide bonds. The molecular formula is C12H9FO4S. The first-order chi connectivity index (χ1) is 8.58. The van der Waals surface area contributed by atoms with E-state index in [4.69, 9.17) is 0 Å². The molecule has 0 aliphatic carbocycles. The third kappa shape index (κ3) is 1.95. The summed E-state index contributed by atoms with van der Waals surface area (Å²) in [6, 6.07) is 3.97. The number of rotatable bonds is 2. The number of benzene rings is 1. The molecule has 0 aliphatic rings. The Morgan fingerprint density at radius 2 is 1.83 bits per heavy atom. The number of carbonyl (C=O) groups is 2. The maximum atomic E-state index is 13.2. The van der Waals surface area contributed by atoms with Crippen molar-refractivity contribution >= 4 is 33.4 Å². The Morgan fingerprint density at radius 3 is 2.44 bits per heavy atom. The van der Waals surface area contributed by atoms with Crippen LogP contribution in [0.5, 0.6) is 0 Å². The largest absolute Gasteiger partial charge is 0.465 e. The van der Waals surface area contributed by atoms with E-state index in [9.17, 15) is 14.0 Å². The minimum atomic E-state index is -0.688. The van der Waals surface area contributed by atoms with Crippen molar-refractivity contribution in [3.05, 3.63) is 34.5 Å². The SMILES string of the molecule is COC(=O)c1sc2ccc(F)cc2c1C(=O)OC. The number of thiophene rings is 1. The first kappa shape index (κ1) is 12.5. The van der Waals surface area contributed by atoms with Crippen LogP contribution in [0.1, 0.15) is 20.0 Å². The molecule has 1 aromatic carbocycles. The second-order valence-corrected chi connectivity index (χ2v) is 4.48. The summed E-state index contributed by atoms with van der Waals surface area (Å²) in [6.45, 7) is 0. The monoisotopic (exact) mass is 268 g/mol. The molecule has 2 aromatic rings. The van der Waals surface area contributed by atoms with Gasteiger partial charge in [0.25, 0.3) is 0 Å². The Morgan fingerprint density at radius 1 is 1.17 bits per heavy atom. The Balaban J connectivity index is 2.77. The molecule has 0 fully saturated rings. The van der Waals surface area contributed by atoms with E-state index < -0.39 is 17.8 Å². The van der Waals surface area contributed by atoms with Crippen molar-refractivity contribution in [2.75, 3.05) is 14.2 Å². The molecule has 4 nitrogen and oxygen atoms in total. The van der Waals surface area contributed by atoms with Crippen LogP contribution >= 0.6 is 11.3 Å². The van der Waals surface area contributed by atoms with Crippen LogP contribution in [-0.2, 0) is 9.47 Å². The number of methoxy groups -OCH3 is 2. The first-order valence-electron chi connectivity index (χ1n) is 4.97. The van der Waals surface area contributed by atoms with Crippen LogP contribution in [0.15, 0.2) is 18.2 Å². The summed E-state index contributed by atoms with van der Waals surface area (Å²) in [7, 11) is 2.42. The fourth-order valence-corrected chi connectivity index (χ4v) is 2.70. The predicted molar refractivity (Wildman–Crippen MR) is 64.5 cm³/mol. The molecule has 0 unspecified atom stereocenters. The smallest absolute Gasteiger partial charge is 0.348 e. The van der Waals surface area contributed by atoms with Crippen molar-refractivity contribution in [3.63, 3.8) is 0 Å². The lowest BCUT2D eigenvalue weighted by atomic mass is 10.1. The van der Waals surface area contributed by atoms with Gasteiger partial charge in [0, 0.05) is 10.1 Å². The molecule has 0 N–H and O–H groups in total. The molecule has 0 spiro atoms. The van der Waals surface area contributed by atoms with Crippen LogP contribution in [0.25, 0.3) is 10.1 Å². The van der Waals surface area contributed by atoms with Gasteiger partial charge in [-0.25, -0.2) is 14.0 Å². The van der Waals surface area contributed by atoms with E-state index in [2.05, 4.69) is 9.47 Å². The van der Waals surface area contributed by atoms with Crippen LogP contribution < -0.4 is 0 Å². The molecule has 18 heavy (non-hydrogen) atoms. The van der Waals surface area contributed by atoms with E-state index in [1.165, 1.54) is 32.4 Å². The first-order valence-corrected chi connectivity index (χ1v) is 5.78. The summed E-state index contributed by atoms with van der Waals surface area (Å²) >= 11 is 1.07. The molecular weight excluding hydrogens is 259 g/mol. The topological polar surface area (TPSA) is 52.6 Å². The molecule has 0 saturated heterocycles. The molecule has 1 aromatic heterocycles. The van der Waals surface area contributed by atoms with E-state index in [1.54, 1.807) is 0 Å². The van der Waals surface area contributed by atoms with E-state index in [0.717, 1.165) is 11.3 Å². The molecule has 6 heteroatoms. The Bertz CT molecular complexity index is 632. The van der Waals surface area contributed by atoms with Gasteiger partial charge in [-0.15, -0.1) is 11.3 Å². The highest BCUT2D eigenvalue weighted by Gasteiger charge is 2.25. The highest BCUT2D eigenvalue weighted by atomic mass is 32.1. The zero-order valence-corrected chi connectivity index (χ0v) is 10.5. The Kier molecular flexibility index (Phi) is 3.29. The normalized spacial score (nSPS) is 10.4. The molecule has 94 valence electrons. The lowest BCUT2D eigenvalue weighted by Gasteiger charge is -2.01. The van der Waals surface area contributed by atoms with Crippen LogP contribution in [-0.4, -0.2) is 26.2 Å². The summed E-state index contributed by atoms with van der Waals surface area (Å²) in [5.74, 6) is -1.81. The van der Waals surface area contributed by atoms with Gasteiger partial charge < -0.3 is 9.47 Å². The van der Waals surface area contributed by atoms with Crippen LogP contribution in [0.4, 0.5) is 4.39 Å². The van der Waals surface area contributed by atoms with Gasteiger partial charge in [-0.05, 0) is 18.2 Å². The fraction of sp³-hybridized carbons (Fsp3) is 0.167. The summed E-state index contributed by atoms with van der Waals surface area (Å²) in [5.41, 5.74) is 0.0452. The van der Waals surface area contributed by atoms with Gasteiger partial charge in [0.05, 0.1) is 19.8 Å². The second kappa shape index (κ2) is 4.73. The predicted octanol–water partition coefficient (Wildman–Crippen LogP) is 2.61. The van der Waals surface area contributed by atoms with Crippen molar-refractivity contribution in [1.82, 2.24) is 0 Å². The molecule has 0 radical (unpaired) electrons. The standard InChI is InChI=1S/C12H9FO4S/c1-16-11(14)9-7-5-6(13)3-4-8(7)18-10(9)12(15)17-2/h3-5H,1-2H3. The maximum absolute atomic E-state index is 13.2. The molecule has 0 bridgehead atoms. The van der Waals surface area contributed by atoms with Gasteiger partial charge in [-0.3, -0.25) is 0 Å².